The van der Waals surface area contributed by atoms with Crippen LogP contribution >= 0.6 is 0 Å². The molecule has 0 aliphatic carbocycles. The summed E-state index contributed by atoms with van der Waals surface area (Å²) in [5.74, 6) is 0. The van der Waals surface area contributed by atoms with Gasteiger partial charge in [-0.15, -0.1) is 0 Å². The molecule has 0 radical (unpaired) electrons. The molecule has 0 aromatic carbocycles. The maximum Gasteiger partial charge on any atom is 6.00 e. The molecule has 0 aliphatic heterocycles. The Morgan fingerprint density at radius 1 is 0.538 bits per heavy atom. The van der Waals surface area contributed by atoms with Crippen molar-refractivity contribution in [3.63, 3.8) is 0 Å². The molecular weight excluding hydrogens is 324 g/mol. The second-order valence-electron chi connectivity index (χ2n) is 0.750. The van der Waals surface area contributed by atoms with Crippen molar-refractivity contribution in [2.45, 2.75) is 0 Å². The van der Waals surface area contributed by atoms with Gasteiger partial charge in [0.15, 0.2) is 0 Å². The van der Waals surface area contributed by atoms with Crippen LogP contribution in [0.4, 0.5) is 0 Å². The second-order valence-corrected chi connectivity index (χ2v) is 2.25. The summed E-state index contributed by atoms with van der Waals surface area (Å²) in [6.45, 7) is 0. The maximum absolute atomic E-state index is 8.52. The fraction of sp³-hybridized carbons (Fsp3) is 0. The standard InChI is InChI=1S/Mo.3O3Si/c;3*1-4(2)3/q+6;3*-2. The van der Waals surface area contributed by atoms with Gasteiger partial charge in [-0.05, 0) is 0 Å². The molecule has 0 amide bonds. The first-order valence-corrected chi connectivity index (χ1v) is 5.51. The largest absolute Gasteiger partial charge is 6.00 e. The van der Waals surface area contributed by atoms with E-state index in [2.05, 4.69) is 0 Å². The Morgan fingerprint density at radius 3 is 0.538 bits per heavy atom. The van der Waals surface area contributed by atoms with Gasteiger partial charge in [0.1, 0.15) is 0 Å². The molecule has 0 N–H and O–H groups in total. The van der Waals surface area contributed by atoms with Crippen LogP contribution in [0.1, 0.15) is 0 Å². The predicted octanol–water partition coefficient (Wildman–Crippen LogP) is -8.64. The van der Waals surface area contributed by atoms with Crippen LogP contribution < -0.4 is 28.8 Å². The van der Waals surface area contributed by atoms with Gasteiger partial charge in [-0.1, -0.05) is 0 Å². The van der Waals surface area contributed by atoms with Crippen LogP contribution in [-0.2, 0) is 34.5 Å². The Hall–Kier alpha value is -0.461. The predicted molar refractivity (Wildman–Crippen MR) is 19.3 cm³/mol. The molecule has 0 saturated carbocycles. The molecule has 13 heteroatoms. The van der Waals surface area contributed by atoms with E-state index in [4.69, 9.17) is 42.2 Å². The van der Waals surface area contributed by atoms with Gasteiger partial charge in [0.05, 0.1) is 0 Å². The minimum absolute atomic E-state index is 0. The Labute approximate surface area is 90.9 Å². The van der Waals surface area contributed by atoms with Crippen LogP contribution in [0.3, 0.4) is 0 Å². The summed E-state index contributed by atoms with van der Waals surface area (Å²) >= 11 is 0. The van der Waals surface area contributed by atoms with Gasteiger partial charge in [0, 0.05) is 27.5 Å². The summed E-state index contributed by atoms with van der Waals surface area (Å²) in [6, 6.07) is 0. The van der Waals surface area contributed by atoms with Gasteiger partial charge in [0.2, 0.25) is 0 Å². The first kappa shape index (κ1) is 22.9. The Balaban J connectivity index is -0.0000000450. The molecule has 0 aliphatic rings. The first-order valence-electron chi connectivity index (χ1n) is 1.84. The average Bonchev–Trinajstić information content (AvgIpc) is 1.54. The molecule has 0 saturated heterocycles. The average molecular weight is 324 g/mol. The zero-order valence-electron chi connectivity index (χ0n) is 5.58. The van der Waals surface area contributed by atoms with Crippen molar-refractivity contribution in [1.29, 1.82) is 0 Å². The summed E-state index contributed by atoms with van der Waals surface area (Å²) in [4.78, 5) is 51.1. The molecule has 0 bridgehead atoms. The van der Waals surface area contributed by atoms with Crippen molar-refractivity contribution in [2.24, 2.45) is 0 Å². The molecule has 0 fully saturated rings. The third-order valence-electron chi connectivity index (χ3n) is 0. The maximum atomic E-state index is 8.52. The Kier molecular flexibility index (Phi) is 31.0. The van der Waals surface area contributed by atoms with E-state index in [1.807, 2.05) is 0 Å². The third kappa shape index (κ3) is 4940. The van der Waals surface area contributed by atoms with Crippen molar-refractivity contribution in [2.75, 3.05) is 0 Å². The molecule has 13 heavy (non-hydrogen) atoms. The molecule has 0 aromatic heterocycles. The summed E-state index contributed by atoms with van der Waals surface area (Å²) in [7, 11) is -10.9. The van der Waals surface area contributed by atoms with E-state index in [9.17, 15) is 0 Å². The summed E-state index contributed by atoms with van der Waals surface area (Å²) in [5.41, 5.74) is 0. The summed E-state index contributed by atoms with van der Waals surface area (Å²) < 4.78 is 25.6. The van der Waals surface area contributed by atoms with Gasteiger partial charge in [-0.2, -0.15) is 0 Å². The quantitative estimate of drug-likeness (QED) is 0.389. The zero-order valence-corrected chi connectivity index (χ0v) is 10.6. The normalized spacial score (nSPS) is 5.54. The Bertz CT molecular complexity index is 112. The van der Waals surface area contributed by atoms with E-state index >= 15 is 0 Å². The molecular formula is MoO9Si3. The molecule has 0 unspecified atom stereocenters. The summed E-state index contributed by atoms with van der Waals surface area (Å²) in [5, 5.41) is 0. The van der Waals surface area contributed by atoms with E-state index in [0.29, 0.717) is 0 Å². The van der Waals surface area contributed by atoms with Crippen LogP contribution in [0.15, 0.2) is 0 Å². The minimum Gasteiger partial charge on any atom is -0.672 e. The molecule has 0 aromatic rings. The van der Waals surface area contributed by atoms with Gasteiger partial charge in [-0.3, -0.25) is 0 Å². The van der Waals surface area contributed by atoms with E-state index < -0.39 is 27.5 Å². The molecule has 0 heterocycles. The number of hydrogen-bond donors (Lipinski definition) is 0. The molecule has 72 valence electrons. The van der Waals surface area contributed by atoms with E-state index in [0.717, 1.165) is 0 Å². The van der Waals surface area contributed by atoms with Crippen LogP contribution in [0, 0.1) is 0 Å². The third-order valence-corrected chi connectivity index (χ3v) is 0. The monoisotopic (exact) mass is 326 g/mol. The summed E-state index contributed by atoms with van der Waals surface area (Å²) in [6.07, 6.45) is 0. The number of rotatable bonds is 0. The van der Waals surface area contributed by atoms with Crippen molar-refractivity contribution >= 4 is 27.5 Å². The topological polar surface area (TPSA) is 190 Å². The van der Waals surface area contributed by atoms with Crippen LogP contribution in [0.2, 0.25) is 0 Å². The van der Waals surface area contributed by atoms with Crippen molar-refractivity contribution < 1.29 is 63.2 Å². The van der Waals surface area contributed by atoms with Crippen molar-refractivity contribution in [3.8, 4) is 0 Å². The van der Waals surface area contributed by atoms with Gasteiger partial charge >= 0.3 is 21.1 Å². The molecule has 9 nitrogen and oxygen atoms in total. The second kappa shape index (κ2) is 17.6. The number of hydrogen-bond acceptors (Lipinski definition) is 9. The minimum atomic E-state index is -3.63. The first-order chi connectivity index (χ1) is 5.20. The molecule has 0 atom stereocenters. The van der Waals surface area contributed by atoms with Crippen molar-refractivity contribution in [1.82, 2.24) is 0 Å². The van der Waals surface area contributed by atoms with Gasteiger partial charge < -0.3 is 42.2 Å². The van der Waals surface area contributed by atoms with Crippen LogP contribution in [0.25, 0.3) is 0 Å². The Morgan fingerprint density at radius 2 is 0.538 bits per heavy atom. The van der Waals surface area contributed by atoms with Gasteiger partial charge in [0.25, 0.3) is 0 Å². The zero-order chi connectivity index (χ0) is 10.7. The van der Waals surface area contributed by atoms with Crippen LogP contribution in [0.5, 0.6) is 0 Å². The molecule has 0 spiro atoms. The van der Waals surface area contributed by atoms with Gasteiger partial charge in [-0.25, -0.2) is 0 Å². The van der Waals surface area contributed by atoms with E-state index in [1.54, 1.807) is 0 Å². The SMILES string of the molecule is O=[Si]([O-])[O-].O=[Si]([O-])[O-].O=[Si]([O-])[O-].[Mo+6]. The fourth-order valence-corrected chi connectivity index (χ4v) is 0. The molecule has 0 rings (SSSR count). The van der Waals surface area contributed by atoms with Crippen LogP contribution in [-0.4, -0.2) is 27.5 Å². The van der Waals surface area contributed by atoms with E-state index in [-0.39, 0.29) is 21.1 Å². The smallest absolute Gasteiger partial charge is 0.672 e. The van der Waals surface area contributed by atoms with E-state index in [1.165, 1.54) is 0 Å². The fourth-order valence-electron chi connectivity index (χ4n) is 0. The van der Waals surface area contributed by atoms with Crippen molar-refractivity contribution in [3.05, 3.63) is 0 Å².